The molecule has 2 heterocycles. The molecule has 1 aliphatic rings. The summed E-state index contributed by atoms with van der Waals surface area (Å²) in [6.07, 6.45) is 0.259. The molecule has 1 amide bonds. The van der Waals surface area contributed by atoms with Crippen LogP contribution in [0.1, 0.15) is 62.6 Å². The van der Waals surface area contributed by atoms with Gasteiger partial charge in [0, 0.05) is 24.6 Å². The van der Waals surface area contributed by atoms with Gasteiger partial charge in [-0.3, -0.25) is 9.69 Å². The molecule has 2 aromatic rings. The summed E-state index contributed by atoms with van der Waals surface area (Å²) in [4.78, 5) is 18.7. The lowest BCUT2D eigenvalue weighted by molar-refractivity contribution is -0.136. The van der Waals surface area contributed by atoms with Crippen LogP contribution < -0.4 is 4.74 Å². The van der Waals surface area contributed by atoms with Gasteiger partial charge in [0.1, 0.15) is 12.4 Å². The highest BCUT2D eigenvalue weighted by atomic mass is 32.1. The van der Waals surface area contributed by atoms with Crippen molar-refractivity contribution in [2.24, 2.45) is 5.92 Å². The molecule has 2 atom stereocenters. The van der Waals surface area contributed by atoms with E-state index in [0.717, 1.165) is 12.2 Å². The van der Waals surface area contributed by atoms with Crippen LogP contribution in [0.2, 0.25) is 0 Å². The fourth-order valence-electron chi connectivity index (χ4n) is 4.38. The van der Waals surface area contributed by atoms with Crippen LogP contribution in [0.3, 0.4) is 0 Å². The average molecular weight is 503 g/mol. The molecule has 0 aliphatic carbocycles. The van der Waals surface area contributed by atoms with Crippen molar-refractivity contribution in [1.82, 2.24) is 9.80 Å². The molecule has 194 valence electrons. The van der Waals surface area contributed by atoms with Gasteiger partial charge in [0.2, 0.25) is 5.91 Å². The maximum absolute atomic E-state index is 13.4. The van der Waals surface area contributed by atoms with Gasteiger partial charge in [0.05, 0.1) is 25.3 Å². The number of aliphatic hydroxyl groups is 1. The molecule has 7 heteroatoms. The average Bonchev–Trinajstić information content (AvgIpc) is 3.31. The first-order chi connectivity index (χ1) is 16.8. The van der Waals surface area contributed by atoms with E-state index in [1.54, 1.807) is 11.3 Å². The van der Waals surface area contributed by atoms with Gasteiger partial charge in [0.25, 0.3) is 0 Å². The Morgan fingerprint density at radius 3 is 2.57 bits per heavy atom. The molecule has 0 spiro atoms. The summed E-state index contributed by atoms with van der Waals surface area (Å²) in [5, 5.41) is 12.5. The van der Waals surface area contributed by atoms with Gasteiger partial charge in [-0.05, 0) is 59.5 Å². The van der Waals surface area contributed by atoms with Crippen molar-refractivity contribution in [2.75, 3.05) is 46.0 Å². The van der Waals surface area contributed by atoms with E-state index in [4.69, 9.17) is 9.47 Å². The summed E-state index contributed by atoms with van der Waals surface area (Å²) in [5.74, 6) is 1.80. The number of likely N-dealkylation sites (N-methyl/N-ethyl adjacent to an activating group) is 1. The third-order valence-electron chi connectivity index (χ3n) is 6.41. The number of hydrogen-bond acceptors (Lipinski definition) is 6. The second-order valence-corrected chi connectivity index (χ2v) is 11.1. The monoisotopic (exact) mass is 502 g/mol. The first-order valence-corrected chi connectivity index (χ1v) is 13.7. The predicted octanol–water partition coefficient (Wildman–Crippen LogP) is 4.73. The Hall–Kier alpha value is -1.93. The standard InChI is InChI=1S/C28H42N2O4S/c1-6-29(15-23(31)18-33-17-20(2)3)16-28(32)30-13-11-27-25(12-14-35-27)26(30)19-34-24-9-7-22(8-10-24)21(4)5/h7-10,12,14,20-21,23,26,31H,6,11,13,15-19H2,1-5H3. The molecule has 3 rings (SSSR count). The number of benzene rings is 1. The van der Waals surface area contributed by atoms with Crippen molar-refractivity contribution in [3.05, 3.63) is 51.7 Å². The number of rotatable bonds is 13. The maximum Gasteiger partial charge on any atom is 0.237 e. The molecule has 0 radical (unpaired) electrons. The number of amides is 1. The number of ether oxygens (including phenoxy) is 2. The fourth-order valence-corrected chi connectivity index (χ4v) is 5.31. The summed E-state index contributed by atoms with van der Waals surface area (Å²) in [6.45, 7) is 13.9. The SMILES string of the molecule is CCN(CC(=O)N1CCc2sccc2C1COc1ccc(C(C)C)cc1)CC(O)COCC(C)C. The minimum absolute atomic E-state index is 0.0720. The molecule has 1 N–H and O–H groups in total. The van der Waals surface area contributed by atoms with Gasteiger partial charge in [-0.25, -0.2) is 0 Å². The fraction of sp³-hybridized carbons (Fsp3) is 0.607. The first kappa shape index (κ1) is 27.7. The summed E-state index contributed by atoms with van der Waals surface area (Å²) in [7, 11) is 0. The van der Waals surface area contributed by atoms with Crippen molar-refractivity contribution >= 4 is 17.2 Å². The van der Waals surface area contributed by atoms with Crippen molar-refractivity contribution in [2.45, 2.75) is 59.1 Å². The zero-order valence-corrected chi connectivity index (χ0v) is 22.7. The number of aliphatic hydroxyl groups excluding tert-OH is 1. The Labute approximate surface area is 214 Å². The van der Waals surface area contributed by atoms with E-state index in [2.05, 4.69) is 51.3 Å². The molecule has 1 aliphatic heterocycles. The van der Waals surface area contributed by atoms with Crippen LogP contribution in [0.15, 0.2) is 35.7 Å². The highest BCUT2D eigenvalue weighted by molar-refractivity contribution is 7.10. The molecule has 1 aromatic carbocycles. The number of nitrogens with zero attached hydrogens (tertiary/aromatic N) is 2. The number of carbonyl (C=O) groups excluding carboxylic acids is 1. The van der Waals surface area contributed by atoms with E-state index in [9.17, 15) is 9.90 Å². The maximum atomic E-state index is 13.4. The lowest BCUT2D eigenvalue weighted by Crippen LogP contribution is -2.48. The second kappa shape index (κ2) is 13.4. The van der Waals surface area contributed by atoms with Gasteiger partial charge in [-0.2, -0.15) is 0 Å². The highest BCUT2D eigenvalue weighted by Crippen LogP contribution is 2.34. The molecule has 0 saturated heterocycles. The van der Waals surface area contributed by atoms with E-state index in [-0.39, 0.29) is 25.1 Å². The number of fused-ring (bicyclic) bond motifs is 1. The number of carbonyl (C=O) groups is 1. The molecule has 35 heavy (non-hydrogen) atoms. The smallest absolute Gasteiger partial charge is 0.237 e. The molecular formula is C28H42N2O4S. The van der Waals surface area contributed by atoms with E-state index in [0.29, 0.717) is 44.7 Å². The topological polar surface area (TPSA) is 62.2 Å². The Bertz CT molecular complexity index is 912. The van der Waals surface area contributed by atoms with E-state index < -0.39 is 6.10 Å². The zero-order valence-electron chi connectivity index (χ0n) is 21.9. The van der Waals surface area contributed by atoms with Crippen LogP contribution in [0.25, 0.3) is 0 Å². The van der Waals surface area contributed by atoms with Crippen molar-refractivity contribution < 1.29 is 19.4 Å². The number of thiophene rings is 1. The van der Waals surface area contributed by atoms with Crippen LogP contribution in [0.4, 0.5) is 0 Å². The van der Waals surface area contributed by atoms with Crippen molar-refractivity contribution in [3.63, 3.8) is 0 Å². The van der Waals surface area contributed by atoms with Gasteiger partial charge < -0.3 is 19.5 Å². The third-order valence-corrected chi connectivity index (χ3v) is 7.40. The van der Waals surface area contributed by atoms with Gasteiger partial charge in [-0.15, -0.1) is 11.3 Å². The Morgan fingerprint density at radius 2 is 1.91 bits per heavy atom. The second-order valence-electron chi connectivity index (χ2n) is 10.1. The van der Waals surface area contributed by atoms with E-state index in [1.165, 1.54) is 16.0 Å². The molecule has 0 fully saturated rings. The first-order valence-electron chi connectivity index (χ1n) is 12.8. The Kier molecular flexibility index (Phi) is 10.6. The molecule has 2 unspecified atom stereocenters. The Balaban J connectivity index is 1.62. The van der Waals surface area contributed by atoms with Crippen LogP contribution in [-0.2, 0) is 16.0 Å². The molecular weight excluding hydrogens is 460 g/mol. The van der Waals surface area contributed by atoms with Crippen LogP contribution >= 0.6 is 11.3 Å². The number of hydrogen-bond donors (Lipinski definition) is 1. The summed E-state index contributed by atoms with van der Waals surface area (Å²) in [6, 6.07) is 10.3. The quantitative estimate of drug-likeness (QED) is 0.429. The van der Waals surface area contributed by atoms with Gasteiger partial charge >= 0.3 is 0 Å². The van der Waals surface area contributed by atoms with E-state index >= 15 is 0 Å². The van der Waals surface area contributed by atoms with Crippen LogP contribution in [0, 0.1) is 5.92 Å². The minimum atomic E-state index is -0.612. The zero-order chi connectivity index (χ0) is 25.4. The van der Waals surface area contributed by atoms with Crippen LogP contribution in [-0.4, -0.2) is 72.9 Å². The summed E-state index contributed by atoms with van der Waals surface area (Å²) in [5.41, 5.74) is 2.47. The highest BCUT2D eigenvalue weighted by Gasteiger charge is 2.33. The molecule has 6 nitrogen and oxygen atoms in total. The third kappa shape index (κ3) is 8.04. The van der Waals surface area contributed by atoms with Crippen LogP contribution in [0.5, 0.6) is 5.75 Å². The molecule has 0 bridgehead atoms. The normalized spacial score (nSPS) is 16.7. The van der Waals surface area contributed by atoms with Gasteiger partial charge in [0.15, 0.2) is 0 Å². The summed E-state index contributed by atoms with van der Waals surface area (Å²) < 4.78 is 11.8. The predicted molar refractivity (Wildman–Crippen MR) is 142 cm³/mol. The van der Waals surface area contributed by atoms with Crippen molar-refractivity contribution in [1.29, 1.82) is 0 Å². The van der Waals surface area contributed by atoms with E-state index in [1.807, 2.05) is 28.9 Å². The van der Waals surface area contributed by atoms with Gasteiger partial charge in [-0.1, -0.05) is 46.8 Å². The molecule has 0 saturated carbocycles. The molecule has 1 aromatic heterocycles. The lowest BCUT2D eigenvalue weighted by Gasteiger charge is -2.37. The van der Waals surface area contributed by atoms with Crippen molar-refractivity contribution in [3.8, 4) is 5.75 Å². The summed E-state index contributed by atoms with van der Waals surface area (Å²) >= 11 is 1.76. The Morgan fingerprint density at radius 1 is 1.17 bits per heavy atom. The minimum Gasteiger partial charge on any atom is -0.491 e. The lowest BCUT2D eigenvalue weighted by atomic mass is 10.00. The largest absolute Gasteiger partial charge is 0.491 e.